The van der Waals surface area contributed by atoms with Crippen molar-refractivity contribution >= 4 is 0 Å². The molecule has 0 aliphatic heterocycles. The summed E-state index contributed by atoms with van der Waals surface area (Å²) in [6, 6.07) is 0.368. The molecule has 0 spiro atoms. The Morgan fingerprint density at radius 1 is 1.55 bits per heavy atom. The third-order valence-corrected chi connectivity index (χ3v) is 3.66. The highest BCUT2D eigenvalue weighted by Gasteiger charge is 2.48. The third kappa shape index (κ3) is 1.00. The Kier molecular flexibility index (Phi) is 1.69. The molecule has 0 saturated heterocycles. The van der Waals surface area contributed by atoms with Crippen molar-refractivity contribution in [2.75, 3.05) is 6.61 Å². The lowest BCUT2D eigenvalue weighted by Crippen LogP contribution is -2.26. The van der Waals surface area contributed by atoms with Crippen molar-refractivity contribution < 1.29 is 5.11 Å². The van der Waals surface area contributed by atoms with E-state index in [1.807, 2.05) is 0 Å². The summed E-state index contributed by atoms with van der Waals surface area (Å²) in [7, 11) is 0. The molecule has 2 fully saturated rings. The zero-order valence-corrected chi connectivity index (χ0v) is 6.92. The van der Waals surface area contributed by atoms with Gasteiger partial charge in [0.25, 0.3) is 0 Å². The number of aliphatic hydroxyl groups excluding tert-OH is 1. The minimum absolute atomic E-state index is 0.249. The van der Waals surface area contributed by atoms with Crippen molar-refractivity contribution in [3.05, 3.63) is 0 Å². The van der Waals surface area contributed by atoms with Gasteiger partial charge in [-0.25, -0.2) is 0 Å². The molecule has 0 aromatic heterocycles. The van der Waals surface area contributed by atoms with Crippen LogP contribution in [0.15, 0.2) is 0 Å². The molecule has 2 aliphatic carbocycles. The zero-order valence-electron chi connectivity index (χ0n) is 6.92. The molecule has 11 heavy (non-hydrogen) atoms. The lowest BCUT2D eigenvalue weighted by Gasteiger charge is -2.26. The molecule has 64 valence electrons. The van der Waals surface area contributed by atoms with E-state index in [0.29, 0.717) is 12.6 Å². The predicted molar refractivity (Wildman–Crippen MR) is 44.1 cm³/mol. The highest BCUT2D eigenvalue weighted by molar-refractivity contribution is 5.00. The van der Waals surface area contributed by atoms with E-state index in [0.717, 1.165) is 18.8 Å². The van der Waals surface area contributed by atoms with E-state index in [-0.39, 0.29) is 5.41 Å². The average Bonchev–Trinajstić information content (AvgIpc) is 2.43. The molecule has 0 amide bonds. The number of fused-ring (bicyclic) bond motifs is 1. The van der Waals surface area contributed by atoms with Crippen LogP contribution in [0.4, 0.5) is 0 Å². The highest BCUT2D eigenvalue weighted by atomic mass is 16.3. The van der Waals surface area contributed by atoms with Crippen LogP contribution in [0.1, 0.15) is 32.1 Å². The fourth-order valence-electron chi connectivity index (χ4n) is 3.09. The van der Waals surface area contributed by atoms with E-state index in [2.05, 4.69) is 0 Å². The molecule has 0 bridgehead atoms. The molecule has 2 aliphatic rings. The molecule has 2 heteroatoms. The molecule has 2 nitrogen and oxygen atoms in total. The smallest absolute Gasteiger partial charge is 0.0490 e. The first kappa shape index (κ1) is 7.56. The first-order valence-electron chi connectivity index (χ1n) is 4.63. The van der Waals surface area contributed by atoms with Gasteiger partial charge in [0, 0.05) is 12.6 Å². The molecular formula is C9H17NO. The Morgan fingerprint density at radius 2 is 2.36 bits per heavy atom. The Hall–Kier alpha value is -0.0800. The number of hydrogen-bond acceptors (Lipinski definition) is 2. The summed E-state index contributed by atoms with van der Waals surface area (Å²) in [5.41, 5.74) is 6.12. The lowest BCUT2D eigenvalue weighted by atomic mass is 9.81. The summed E-state index contributed by atoms with van der Waals surface area (Å²) in [6.45, 7) is 0.366. The number of aliphatic hydroxyl groups is 1. The Morgan fingerprint density at radius 3 is 3.00 bits per heavy atom. The van der Waals surface area contributed by atoms with Crippen LogP contribution >= 0.6 is 0 Å². The fourth-order valence-corrected chi connectivity index (χ4v) is 3.09. The Bertz CT molecular complexity index is 160. The van der Waals surface area contributed by atoms with E-state index < -0.39 is 0 Å². The van der Waals surface area contributed by atoms with E-state index in [9.17, 15) is 5.11 Å². The van der Waals surface area contributed by atoms with Crippen LogP contribution in [-0.2, 0) is 0 Å². The third-order valence-electron chi connectivity index (χ3n) is 3.66. The summed E-state index contributed by atoms with van der Waals surface area (Å²) in [5, 5.41) is 9.29. The summed E-state index contributed by atoms with van der Waals surface area (Å²) in [5.74, 6) is 0.738. The van der Waals surface area contributed by atoms with Gasteiger partial charge in [-0.1, -0.05) is 6.42 Å². The summed E-state index contributed by atoms with van der Waals surface area (Å²) < 4.78 is 0. The second-order valence-electron chi connectivity index (χ2n) is 4.31. The molecule has 0 aromatic rings. The quantitative estimate of drug-likeness (QED) is 0.590. The van der Waals surface area contributed by atoms with Crippen LogP contribution < -0.4 is 5.73 Å². The van der Waals surface area contributed by atoms with Gasteiger partial charge in [-0.2, -0.15) is 0 Å². The van der Waals surface area contributed by atoms with E-state index >= 15 is 0 Å². The van der Waals surface area contributed by atoms with Crippen LogP contribution in [0.2, 0.25) is 0 Å². The number of hydrogen-bond donors (Lipinski definition) is 2. The second kappa shape index (κ2) is 2.46. The monoisotopic (exact) mass is 155 g/mol. The maximum Gasteiger partial charge on any atom is 0.0490 e. The van der Waals surface area contributed by atoms with Crippen molar-refractivity contribution in [2.45, 2.75) is 38.1 Å². The molecule has 3 N–H and O–H groups in total. The standard InChI is InChI=1S/C9H17NO/c10-8-4-7-2-1-3-9(7,5-8)6-11/h7-8,11H,1-6,10H2/t7-,8-,9-/m0/s1. The van der Waals surface area contributed by atoms with Gasteiger partial charge in [-0.15, -0.1) is 0 Å². The van der Waals surface area contributed by atoms with Crippen molar-refractivity contribution in [3.8, 4) is 0 Å². The fraction of sp³-hybridized carbons (Fsp3) is 1.00. The largest absolute Gasteiger partial charge is 0.396 e. The zero-order chi connectivity index (χ0) is 7.90. The summed E-state index contributed by atoms with van der Waals surface area (Å²) >= 11 is 0. The molecule has 2 rings (SSSR count). The van der Waals surface area contributed by atoms with Crippen molar-refractivity contribution in [2.24, 2.45) is 17.1 Å². The average molecular weight is 155 g/mol. The van der Waals surface area contributed by atoms with Gasteiger partial charge >= 0.3 is 0 Å². The molecule has 0 aromatic carbocycles. The topological polar surface area (TPSA) is 46.2 Å². The van der Waals surface area contributed by atoms with Gasteiger partial charge in [0.1, 0.15) is 0 Å². The molecule has 0 radical (unpaired) electrons. The van der Waals surface area contributed by atoms with Gasteiger partial charge < -0.3 is 10.8 Å². The molecule has 0 heterocycles. The first-order valence-corrected chi connectivity index (χ1v) is 4.63. The normalized spacial score (nSPS) is 49.6. The van der Waals surface area contributed by atoms with Crippen molar-refractivity contribution in [1.82, 2.24) is 0 Å². The minimum Gasteiger partial charge on any atom is -0.396 e. The Balaban J connectivity index is 2.15. The summed E-state index contributed by atoms with van der Waals surface area (Å²) in [4.78, 5) is 0. The van der Waals surface area contributed by atoms with Gasteiger partial charge in [0.2, 0.25) is 0 Å². The molecule has 0 unspecified atom stereocenters. The van der Waals surface area contributed by atoms with Crippen molar-refractivity contribution in [1.29, 1.82) is 0 Å². The Labute approximate surface area is 67.8 Å². The van der Waals surface area contributed by atoms with Crippen LogP contribution in [0.25, 0.3) is 0 Å². The van der Waals surface area contributed by atoms with Gasteiger partial charge in [-0.05, 0) is 37.0 Å². The van der Waals surface area contributed by atoms with Gasteiger partial charge in [-0.3, -0.25) is 0 Å². The maximum absolute atomic E-state index is 9.29. The van der Waals surface area contributed by atoms with Crippen LogP contribution in [-0.4, -0.2) is 17.8 Å². The van der Waals surface area contributed by atoms with Crippen LogP contribution in [0.5, 0.6) is 0 Å². The van der Waals surface area contributed by atoms with E-state index in [1.54, 1.807) is 0 Å². The molecule has 3 atom stereocenters. The minimum atomic E-state index is 0.249. The van der Waals surface area contributed by atoms with Crippen molar-refractivity contribution in [3.63, 3.8) is 0 Å². The number of nitrogens with two attached hydrogens (primary N) is 1. The van der Waals surface area contributed by atoms with Gasteiger partial charge in [0.15, 0.2) is 0 Å². The molecule has 2 saturated carbocycles. The lowest BCUT2D eigenvalue weighted by molar-refractivity contribution is 0.105. The molecular weight excluding hydrogens is 138 g/mol. The number of rotatable bonds is 1. The summed E-state index contributed by atoms with van der Waals surface area (Å²) in [6.07, 6.45) is 6.03. The first-order chi connectivity index (χ1) is 5.27. The maximum atomic E-state index is 9.29. The SMILES string of the molecule is N[C@H]1C[C@@H]2CCC[C@@]2(CO)C1. The van der Waals surface area contributed by atoms with Crippen LogP contribution in [0.3, 0.4) is 0 Å². The highest BCUT2D eigenvalue weighted by Crippen LogP contribution is 2.53. The second-order valence-corrected chi connectivity index (χ2v) is 4.31. The van der Waals surface area contributed by atoms with Gasteiger partial charge in [0.05, 0.1) is 0 Å². The van der Waals surface area contributed by atoms with Crippen LogP contribution in [0, 0.1) is 11.3 Å². The predicted octanol–water partition coefficient (Wildman–Crippen LogP) is 0.886. The van der Waals surface area contributed by atoms with E-state index in [1.165, 1.54) is 19.3 Å². The van der Waals surface area contributed by atoms with E-state index in [4.69, 9.17) is 5.73 Å².